The van der Waals surface area contributed by atoms with Crippen LogP contribution in [0.4, 0.5) is 11.4 Å². The summed E-state index contributed by atoms with van der Waals surface area (Å²) in [5.74, 6) is 0. The van der Waals surface area contributed by atoms with Crippen molar-refractivity contribution >= 4 is 21.4 Å². The van der Waals surface area contributed by atoms with Crippen LogP contribution in [-0.2, 0) is 10.0 Å². The molecule has 0 saturated carbocycles. The van der Waals surface area contributed by atoms with E-state index in [0.717, 1.165) is 6.54 Å². The van der Waals surface area contributed by atoms with E-state index in [2.05, 4.69) is 37.9 Å². The smallest absolute Gasteiger partial charge is 0.238 e. The number of primary sulfonamides is 1. The van der Waals surface area contributed by atoms with Crippen molar-refractivity contribution in [3.8, 4) is 0 Å². The third-order valence-electron chi connectivity index (χ3n) is 3.37. The summed E-state index contributed by atoms with van der Waals surface area (Å²) in [6.45, 7) is 10.1. The second kappa shape index (κ2) is 7.11. The van der Waals surface area contributed by atoms with E-state index < -0.39 is 10.0 Å². The summed E-state index contributed by atoms with van der Waals surface area (Å²) in [7, 11) is -3.72. The van der Waals surface area contributed by atoms with Crippen LogP contribution in [0.25, 0.3) is 0 Å². The first-order valence-corrected chi connectivity index (χ1v) is 8.59. The topological polar surface area (TPSA) is 101 Å². The summed E-state index contributed by atoms with van der Waals surface area (Å²) in [6.07, 6.45) is 0. The van der Waals surface area contributed by atoms with E-state index in [1.54, 1.807) is 6.07 Å². The maximum Gasteiger partial charge on any atom is 0.238 e. The Morgan fingerprint density at radius 1 is 1.19 bits per heavy atom. The zero-order valence-electron chi connectivity index (χ0n) is 13.1. The highest BCUT2D eigenvalue weighted by molar-refractivity contribution is 7.89. The van der Waals surface area contributed by atoms with Gasteiger partial charge in [-0.05, 0) is 45.9 Å². The van der Waals surface area contributed by atoms with Gasteiger partial charge in [0.15, 0.2) is 0 Å². The molecule has 0 atom stereocenters. The molecule has 0 saturated heterocycles. The molecule has 7 heteroatoms. The van der Waals surface area contributed by atoms with Crippen molar-refractivity contribution in [2.75, 3.05) is 24.1 Å². The first kappa shape index (κ1) is 17.7. The van der Waals surface area contributed by atoms with Gasteiger partial charge in [0.1, 0.15) is 0 Å². The molecule has 0 bridgehead atoms. The SMILES string of the molecule is CC(C)N(CCNc1cc(S(N)(=O)=O)ccc1N)C(C)C. The van der Waals surface area contributed by atoms with Gasteiger partial charge in [-0.2, -0.15) is 0 Å². The Bertz CT molecular complexity index is 562. The van der Waals surface area contributed by atoms with Gasteiger partial charge in [0.2, 0.25) is 10.0 Å². The first-order chi connectivity index (χ1) is 9.62. The second-order valence-corrected chi connectivity index (χ2v) is 7.21. The van der Waals surface area contributed by atoms with Crippen molar-refractivity contribution < 1.29 is 8.42 Å². The number of hydrogen-bond acceptors (Lipinski definition) is 5. The zero-order valence-corrected chi connectivity index (χ0v) is 13.9. The molecule has 1 rings (SSSR count). The zero-order chi connectivity index (χ0) is 16.2. The lowest BCUT2D eigenvalue weighted by molar-refractivity contribution is 0.182. The van der Waals surface area contributed by atoms with Gasteiger partial charge in [-0.1, -0.05) is 0 Å². The molecule has 5 N–H and O–H groups in total. The molecule has 0 unspecified atom stereocenters. The van der Waals surface area contributed by atoms with Crippen molar-refractivity contribution in [1.29, 1.82) is 0 Å². The first-order valence-electron chi connectivity index (χ1n) is 7.05. The number of nitrogens with two attached hydrogens (primary N) is 2. The molecule has 0 aliphatic carbocycles. The van der Waals surface area contributed by atoms with Crippen LogP contribution < -0.4 is 16.2 Å². The molecule has 0 amide bonds. The molecule has 0 aliphatic rings. The van der Waals surface area contributed by atoms with Gasteiger partial charge < -0.3 is 11.1 Å². The molecule has 0 aromatic heterocycles. The molecule has 0 fully saturated rings. The Morgan fingerprint density at radius 3 is 2.24 bits per heavy atom. The molecular formula is C14H26N4O2S. The van der Waals surface area contributed by atoms with Crippen LogP contribution >= 0.6 is 0 Å². The average Bonchev–Trinajstić information content (AvgIpc) is 2.34. The molecule has 1 aromatic rings. The summed E-state index contributed by atoms with van der Waals surface area (Å²) >= 11 is 0. The van der Waals surface area contributed by atoms with Gasteiger partial charge in [0.25, 0.3) is 0 Å². The molecule has 1 aromatic carbocycles. The minimum absolute atomic E-state index is 0.0591. The summed E-state index contributed by atoms with van der Waals surface area (Å²) < 4.78 is 22.7. The van der Waals surface area contributed by atoms with Crippen LogP contribution in [-0.4, -0.2) is 38.5 Å². The number of benzene rings is 1. The summed E-state index contributed by atoms with van der Waals surface area (Å²) in [5.41, 5.74) is 6.95. The van der Waals surface area contributed by atoms with Gasteiger partial charge in [-0.25, -0.2) is 13.6 Å². The Labute approximate surface area is 127 Å². The van der Waals surface area contributed by atoms with E-state index in [9.17, 15) is 8.42 Å². The third kappa shape index (κ3) is 5.18. The van der Waals surface area contributed by atoms with Crippen LogP contribution in [0.1, 0.15) is 27.7 Å². The lowest BCUT2D eigenvalue weighted by Crippen LogP contribution is -2.40. The Hall–Kier alpha value is -1.31. The normalized spacial score (nSPS) is 12.4. The van der Waals surface area contributed by atoms with Crippen LogP contribution in [0.5, 0.6) is 0 Å². The van der Waals surface area contributed by atoms with Gasteiger partial charge in [0.05, 0.1) is 16.3 Å². The molecule has 21 heavy (non-hydrogen) atoms. The predicted octanol–water partition coefficient (Wildman–Crippen LogP) is 1.45. The highest BCUT2D eigenvalue weighted by Crippen LogP contribution is 2.22. The van der Waals surface area contributed by atoms with Crippen LogP contribution in [0, 0.1) is 0 Å². The number of hydrogen-bond donors (Lipinski definition) is 3. The minimum atomic E-state index is -3.72. The Morgan fingerprint density at radius 2 is 1.76 bits per heavy atom. The molecule has 6 nitrogen and oxygen atoms in total. The lowest BCUT2D eigenvalue weighted by Gasteiger charge is -2.30. The number of anilines is 2. The third-order valence-corrected chi connectivity index (χ3v) is 4.28. The second-order valence-electron chi connectivity index (χ2n) is 5.65. The molecule has 120 valence electrons. The van der Waals surface area contributed by atoms with Gasteiger partial charge in [-0.3, -0.25) is 4.90 Å². The summed E-state index contributed by atoms with van der Waals surface area (Å²) in [5, 5.41) is 8.31. The van der Waals surface area contributed by atoms with E-state index in [-0.39, 0.29) is 4.90 Å². The molecule has 0 radical (unpaired) electrons. The number of sulfonamides is 1. The largest absolute Gasteiger partial charge is 0.397 e. The molecular weight excluding hydrogens is 288 g/mol. The summed E-state index contributed by atoms with van der Waals surface area (Å²) in [6, 6.07) is 5.31. The number of nitrogen functional groups attached to an aromatic ring is 1. The van der Waals surface area contributed by atoms with Gasteiger partial charge in [-0.15, -0.1) is 0 Å². The van der Waals surface area contributed by atoms with Crippen molar-refractivity contribution in [2.45, 2.75) is 44.7 Å². The van der Waals surface area contributed by atoms with Crippen LogP contribution in [0.15, 0.2) is 23.1 Å². The van der Waals surface area contributed by atoms with Crippen molar-refractivity contribution in [3.63, 3.8) is 0 Å². The van der Waals surface area contributed by atoms with E-state index in [4.69, 9.17) is 10.9 Å². The fourth-order valence-electron chi connectivity index (χ4n) is 2.30. The van der Waals surface area contributed by atoms with Crippen LogP contribution in [0.3, 0.4) is 0 Å². The number of nitrogens with zero attached hydrogens (tertiary/aromatic N) is 1. The standard InChI is InChI=1S/C14H26N4O2S/c1-10(2)18(11(3)4)8-7-17-14-9-12(21(16,19)20)5-6-13(14)15/h5-6,9-11,17H,7-8,15H2,1-4H3,(H2,16,19,20). The van der Waals surface area contributed by atoms with Crippen molar-refractivity contribution in [1.82, 2.24) is 4.90 Å². The monoisotopic (exact) mass is 314 g/mol. The maximum absolute atomic E-state index is 11.4. The number of nitrogens with one attached hydrogen (secondary N) is 1. The highest BCUT2D eigenvalue weighted by Gasteiger charge is 2.13. The number of rotatable bonds is 7. The van der Waals surface area contributed by atoms with E-state index in [1.807, 2.05) is 0 Å². The quantitative estimate of drug-likeness (QED) is 0.661. The van der Waals surface area contributed by atoms with Crippen LogP contribution in [0.2, 0.25) is 0 Å². The fraction of sp³-hybridized carbons (Fsp3) is 0.571. The lowest BCUT2D eigenvalue weighted by atomic mass is 10.2. The van der Waals surface area contributed by atoms with Crippen molar-refractivity contribution in [2.24, 2.45) is 5.14 Å². The fourth-order valence-corrected chi connectivity index (χ4v) is 2.84. The minimum Gasteiger partial charge on any atom is -0.397 e. The Kier molecular flexibility index (Phi) is 6.00. The molecule has 0 spiro atoms. The van der Waals surface area contributed by atoms with E-state index >= 15 is 0 Å². The van der Waals surface area contributed by atoms with E-state index in [0.29, 0.717) is 30.0 Å². The average molecular weight is 314 g/mol. The highest BCUT2D eigenvalue weighted by atomic mass is 32.2. The maximum atomic E-state index is 11.4. The van der Waals surface area contributed by atoms with E-state index in [1.165, 1.54) is 12.1 Å². The van der Waals surface area contributed by atoms with Gasteiger partial charge >= 0.3 is 0 Å². The molecule has 0 heterocycles. The van der Waals surface area contributed by atoms with Crippen molar-refractivity contribution in [3.05, 3.63) is 18.2 Å². The van der Waals surface area contributed by atoms with Gasteiger partial charge in [0, 0.05) is 25.2 Å². The predicted molar refractivity (Wildman–Crippen MR) is 87.7 cm³/mol. The summed E-state index contributed by atoms with van der Waals surface area (Å²) in [4.78, 5) is 2.40. The molecule has 0 aliphatic heterocycles. The Balaban J connectivity index is 2.76.